The Morgan fingerprint density at radius 2 is 2.05 bits per heavy atom. The number of nitrogens with one attached hydrogen (secondary N) is 1. The van der Waals surface area contributed by atoms with E-state index >= 15 is 0 Å². The summed E-state index contributed by atoms with van der Waals surface area (Å²) in [6, 6.07) is 7.60. The van der Waals surface area contributed by atoms with Crippen LogP contribution in [0, 0.1) is 0 Å². The highest BCUT2D eigenvalue weighted by molar-refractivity contribution is 7.09. The molecule has 0 aliphatic heterocycles. The van der Waals surface area contributed by atoms with Gasteiger partial charge in [-0.1, -0.05) is 23.7 Å². The van der Waals surface area contributed by atoms with Gasteiger partial charge in [0.1, 0.15) is 5.69 Å². The molecule has 0 unspecified atom stereocenters. The molecule has 3 N–H and O–H groups in total. The zero-order valence-corrected chi connectivity index (χ0v) is 12.5. The second-order valence-electron chi connectivity index (χ2n) is 4.30. The molecule has 0 saturated carbocycles. The van der Waals surface area contributed by atoms with E-state index in [1.807, 2.05) is 24.3 Å². The van der Waals surface area contributed by atoms with Crippen LogP contribution in [-0.2, 0) is 12.8 Å². The first-order valence-electron chi connectivity index (χ1n) is 6.36. The second kappa shape index (κ2) is 7.38. The predicted octanol–water partition coefficient (Wildman–Crippen LogP) is 2.27. The van der Waals surface area contributed by atoms with Gasteiger partial charge in [0.2, 0.25) is 0 Å². The van der Waals surface area contributed by atoms with Crippen molar-refractivity contribution in [2.75, 3.05) is 13.1 Å². The molecule has 1 aromatic heterocycles. The minimum absolute atomic E-state index is 0.140. The Balaban J connectivity index is 1.81. The number of benzene rings is 1. The average Bonchev–Trinajstić information content (AvgIpc) is 2.90. The molecule has 2 rings (SSSR count). The normalized spacial score (nSPS) is 10.5. The van der Waals surface area contributed by atoms with Gasteiger partial charge in [-0.05, 0) is 30.7 Å². The van der Waals surface area contributed by atoms with E-state index in [1.54, 1.807) is 5.38 Å². The van der Waals surface area contributed by atoms with Gasteiger partial charge in [-0.15, -0.1) is 11.3 Å². The Labute approximate surface area is 127 Å². The van der Waals surface area contributed by atoms with Crippen molar-refractivity contribution in [1.82, 2.24) is 10.3 Å². The Bertz CT molecular complexity index is 568. The van der Waals surface area contributed by atoms with Gasteiger partial charge >= 0.3 is 0 Å². The topological polar surface area (TPSA) is 68.0 Å². The molecule has 2 aromatic rings. The Morgan fingerprint density at radius 3 is 2.75 bits per heavy atom. The molecule has 0 radical (unpaired) electrons. The van der Waals surface area contributed by atoms with Crippen molar-refractivity contribution in [2.24, 2.45) is 5.73 Å². The molecule has 20 heavy (non-hydrogen) atoms. The van der Waals surface area contributed by atoms with E-state index in [1.165, 1.54) is 11.3 Å². The summed E-state index contributed by atoms with van der Waals surface area (Å²) in [5.41, 5.74) is 7.06. The summed E-state index contributed by atoms with van der Waals surface area (Å²) in [5, 5.41) is 6.24. The fourth-order valence-electron chi connectivity index (χ4n) is 1.72. The Kier molecular flexibility index (Phi) is 5.52. The number of halogens is 1. The van der Waals surface area contributed by atoms with E-state index in [4.69, 9.17) is 17.3 Å². The zero-order chi connectivity index (χ0) is 14.4. The number of nitrogens with zero attached hydrogens (tertiary/aromatic N) is 1. The van der Waals surface area contributed by atoms with E-state index in [-0.39, 0.29) is 5.91 Å². The zero-order valence-electron chi connectivity index (χ0n) is 10.9. The Hall–Kier alpha value is -1.43. The van der Waals surface area contributed by atoms with Crippen molar-refractivity contribution in [2.45, 2.75) is 12.8 Å². The molecule has 0 aliphatic carbocycles. The largest absolute Gasteiger partial charge is 0.350 e. The first-order valence-corrected chi connectivity index (χ1v) is 7.62. The number of aromatic nitrogens is 1. The van der Waals surface area contributed by atoms with Crippen molar-refractivity contribution in [1.29, 1.82) is 0 Å². The molecule has 1 heterocycles. The summed E-state index contributed by atoms with van der Waals surface area (Å²) in [5.74, 6) is -0.140. The minimum atomic E-state index is -0.140. The maximum Gasteiger partial charge on any atom is 0.270 e. The smallest absolute Gasteiger partial charge is 0.270 e. The lowest BCUT2D eigenvalue weighted by Gasteiger charge is -2.03. The van der Waals surface area contributed by atoms with Gasteiger partial charge in [0.25, 0.3) is 5.91 Å². The highest BCUT2D eigenvalue weighted by atomic mass is 35.5. The molecule has 0 bridgehead atoms. The standard InChI is InChI=1S/C14H16ClN3OS/c15-11-3-1-10(2-4-11)6-8-17-14(19)12-9-20-13(18-12)5-7-16/h1-4,9H,5-8,16H2,(H,17,19). The first-order chi connectivity index (χ1) is 9.69. The van der Waals surface area contributed by atoms with Crippen LogP contribution in [0.25, 0.3) is 0 Å². The summed E-state index contributed by atoms with van der Waals surface area (Å²) in [4.78, 5) is 16.1. The van der Waals surface area contributed by atoms with Crippen LogP contribution in [0.1, 0.15) is 21.1 Å². The van der Waals surface area contributed by atoms with Crippen LogP contribution in [0.2, 0.25) is 5.02 Å². The van der Waals surface area contributed by atoms with Gasteiger partial charge < -0.3 is 11.1 Å². The number of nitrogens with two attached hydrogens (primary N) is 1. The fourth-order valence-corrected chi connectivity index (χ4v) is 2.64. The van der Waals surface area contributed by atoms with Crippen LogP contribution in [0.15, 0.2) is 29.6 Å². The molecule has 0 spiro atoms. The maximum atomic E-state index is 11.9. The van der Waals surface area contributed by atoms with Crippen LogP contribution in [0.4, 0.5) is 0 Å². The lowest BCUT2D eigenvalue weighted by Crippen LogP contribution is -2.26. The van der Waals surface area contributed by atoms with Crippen molar-refractivity contribution in [3.8, 4) is 0 Å². The molecule has 1 amide bonds. The number of carbonyl (C=O) groups is 1. The molecular formula is C14H16ClN3OS. The number of carbonyl (C=O) groups excluding carboxylic acids is 1. The van der Waals surface area contributed by atoms with E-state index < -0.39 is 0 Å². The van der Waals surface area contributed by atoms with E-state index in [9.17, 15) is 4.79 Å². The highest BCUT2D eigenvalue weighted by Crippen LogP contribution is 2.11. The molecule has 4 nitrogen and oxygen atoms in total. The van der Waals surface area contributed by atoms with E-state index in [0.29, 0.717) is 30.2 Å². The van der Waals surface area contributed by atoms with Crippen LogP contribution in [-0.4, -0.2) is 24.0 Å². The summed E-state index contributed by atoms with van der Waals surface area (Å²) in [7, 11) is 0. The van der Waals surface area contributed by atoms with Crippen molar-refractivity contribution < 1.29 is 4.79 Å². The Morgan fingerprint density at radius 1 is 1.30 bits per heavy atom. The third-order valence-electron chi connectivity index (χ3n) is 2.76. The SMILES string of the molecule is NCCc1nc(C(=O)NCCc2ccc(Cl)cc2)cs1. The van der Waals surface area contributed by atoms with E-state index in [2.05, 4.69) is 10.3 Å². The molecule has 6 heteroatoms. The monoisotopic (exact) mass is 309 g/mol. The predicted molar refractivity (Wildman–Crippen MR) is 82.4 cm³/mol. The van der Waals surface area contributed by atoms with Crippen molar-refractivity contribution in [3.63, 3.8) is 0 Å². The summed E-state index contributed by atoms with van der Waals surface area (Å²) in [6.45, 7) is 1.12. The minimum Gasteiger partial charge on any atom is -0.350 e. The van der Waals surface area contributed by atoms with Crippen molar-refractivity contribution >= 4 is 28.8 Å². The molecule has 106 valence electrons. The average molecular weight is 310 g/mol. The summed E-state index contributed by atoms with van der Waals surface area (Å²) >= 11 is 7.29. The quantitative estimate of drug-likeness (QED) is 0.860. The maximum absolute atomic E-state index is 11.9. The molecule has 0 saturated heterocycles. The number of rotatable bonds is 6. The first kappa shape index (κ1) is 15.0. The van der Waals surface area contributed by atoms with Crippen LogP contribution >= 0.6 is 22.9 Å². The lowest BCUT2D eigenvalue weighted by atomic mass is 10.1. The van der Waals surface area contributed by atoms with E-state index in [0.717, 1.165) is 17.0 Å². The third-order valence-corrected chi connectivity index (χ3v) is 3.92. The molecule has 1 aromatic carbocycles. The van der Waals surface area contributed by atoms with Gasteiger partial charge in [-0.25, -0.2) is 4.98 Å². The molecular weight excluding hydrogens is 294 g/mol. The third kappa shape index (κ3) is 4.30. The number of amides is 1. The van der Waals surface area contributed by atoms with Crippen molar-refractivity contribution in [3.05, 3.63) is 50.9 Å². The number of hydrogen-bond acceptors (Lipinski definition) is 4. The summed E-state index contributed by atoms with van der Waals surface area (Å²) in [6.07, 6.45) is 1.48. The van der Waals surface area contributed by atoms with Crippen LogP contribution in [0.3, 0.4) is 0 Å². The van der Waals surface area contributed by atoms with Gasteiger partial charge in [-0.3, -0.25) is 4.79 Å². The molecule has 0 atom stereocenters. The number of hydrogen-bond donors (Lipinski definition) is 2. The van der Waals surface area contributed by atoms with Crippen LogP contribution < -0.4 is 11.1 Å². The van der Waals surface area contributed by atoms with Crippen LogP contribution in [0.5, 0.6) is 0 Å². The molecule has 0 aliphatic rings. The number of thiazole rings is 1. The lowest BCUT2D eigenvalue weighted by molar-refractivity contribution is 0.0949. The van der Waals surface area contributed by atoms with Gasteiger partial charge in [0, 0.05) is 23.4 Å². The van der Waals surface area contributed by atoms with Gasteiger partial charge in [-0.2, -0.15) is 0 Å². The molecule has 0 fully saturated rings. The van der Waals surface area contributed by atoms with Gasteiger partial charge in [0.05, 0.1) is 5.01 Å². The fraction of sp³-hybridized carbons (Fsp3) is 0.286. The second-order valence-corrected chi connectivity index (χ2v) is 5.68. The highest BCUT2D eigenvalue weighted by Gasteiger charge is 2.09. The van der Waals surface area contributed by atoms with Gasteiger partial charge in [0.15, 0.2) is 0 Å². The summed E-state index contributed by atoms with van der Waals surface area (Å²) < 4.78 is 0.